The molecule has 0 radical (unpaired) electrons. The second-order valence-corrected chi connectivity index (χ2v) is 8.77. The molecule has 5 nitrogen and oxygen atoms in total. The Morgan fingerprint density at radius 3 is 2.71 bits per heavy atom. The van der Waals surface area contributed by atoms with Crippen LogP contribution in [0.4, 0.5) is 9.18 Å². The number of ether oxygens (including phenoxy) is 1. The van der Waals surface area contributed by atoms with E-state index in [2.05, 4.69) is 10.3 Å². The predicted molar refractivity (Wildman–Crippen MR) is 109 cm³/mol. The molecule has 0 saturated carbocycles. The molecular formula is C21H28FN3O2S. The summed E-state index contributed by atoms with van der Waals surface area (Å²) in [6.45, 7) is 7.63. The normalized spacial score (nSPS) is 17.2. The number of aryl methyl sites for hydroxylation is 2. The summed E-state index contributed by atoms with van der Waals surface area (Å²) in [6, 6.07) is 6.49. The Bertz CT molecular complexity index is 833. The largest absolute Gasteiger partial charge is 0.381 e. The van der Waals surface area contributed by atoms with Crippen LogP contribution in [0.1, 0.15) is 46.9 Å². The number of halogens is 1. The average molecular weight is 406 g/mol. The first-order chi connectivity index (χ1) is 13.3. The lowest BCUT2D eigenvalue weighted by Crippen LogP contribution is -2.48. The maximum atomic E-state index is 13.8. The SMILES string of the molecule is Cc1nc(C)c(C(C)N(C)C(=O)NCC2(c3cccc(F)c3)CCOCC2)s1. The lowest BCUT2D eigenvalue weighted by atomic mass is 9.74. The minimum atomic E-state index is -0.308. The molecule has 1 aliphatic rings. The number of amides is 2. The van der Waals surface area contributed by atoms with E-state index in [4.69, 9.17) is 4.74 Å². The van der Waals surface area contributed by atoms with Gasteiger partial charge in [0.05, 0.1) is 16.7 Å². The first-order valence-corrected chi connectivity index (χ1v) is 10.4. The van der Waals surface area contributed by atoms with Gasteiger partial charge in [-0.15, -0.1) is 11.3 Å². The van der Waals surface area contributed by atoms with Gasteiger partial charge in [-0.25, -0.2) is 14.2 Å². The van der Waals surface area contributed by atoms with Gasteiger partial charge < -0.3 is 15.0 Å². The van der Waals surface area contributed by atoms with Crippen molar-refractivity contribution in [2.24, 2.45) is 0 Å². The lowest BCUT2D eigenvalue weighted by molar-refractivity contribution is 0.0500. The Kier molecular flexibility index (Phi) is 6.35. The molecule has 1 aromatic heterocycles. The molecule has 3 rings (SSSR count). The maximum Gasteiger partial charge on any atom is 0.317 e. The Balaban J connectivity index is 1.72. The molecule has 1 N–H and O–H groups in total. The van der Waals surface area contributed by atoms with E-state index in [9.17, 15) is 9.18 Å². The second-order valence-electron chi connectivity index (χ2n) is 7.53. The number of nitrogens with zero attached hydrogens (tertiary/aromatic N) is 2. The van der Waals surface area contributed by atoms with E-state index < -0.39 is 0 Å². The summed E-state index contributed by atoms with van der Waals surface area (Å²) in [4.78, 5) is 20.1. The number of benzene rings is 1. The predicted octanol–water partition coefficient (Wildman–Crippen LogP) is 4.35. The van der Waals surface area contributed by atoms with Crippen molar-refractivity contribution in [3.8, 4) is 0 Å². The van der Waals surface area contributed by atoms with Crippen molar-refractivity contribution in [3.63, 3.8) is 0 Å². The third-order valence-electron chi connectivity index (χ3n) is 5.69. The summed E-state index contributed by atoms with van der Waals surface area (Å²) < 4.78 is 19.3. The van der Waals surface area contributed by atoms with Crippen molar-refractivity contribution in [1.29, 1.82) is 0 Å². The Morgan fingerprint density at radius 2 is 2.11 bits per heavy atom. The van der Waals surface area contributed by atoms with Gasteiger partial charge in [0, 0.05) is 37.1 Å². The van der Waals surface area contributed by atoms with Crippen molar-refractivity contribution < 1.29 is 13.9 Å². The number of aromatic nitrogens is 1. The van der Waals surface area contributed by atoms with Gasteiger partial charge in [0.2, 0.25) is 0 Å². The number of nitrogens with one attached hydrogen (secondary N) is 1. The summed E-state index contributed by atoms with van der Waals surface area (Å²) in [6.07, 6.45) is 1.51. The molecule has 2 amide bonds. The zero-order valence-corrected chi connectivity index (χ0v) is 17.7. The quantitative estimate of drug-likeness (QED) is 0.805. The molecule has 2 aromatic rings. The van der Waals surface area contributed by atoms with Crippen LogP contribution in [0.15, 0.2) is 24.3 Å². The first kappa shape index (κ1) is 20.7. The van der Waals surface area contributed by atoms with E-state index >= 15 is 0 Å². The molecule has 152 valence electrons. The minimum Gasteiger partial charge on any atom is -0.381 e. The van der Waals surface area contributed by atoms with Crippen LogP contribution in [0.25, 0.3) is 0 Å². The maximum absolute atomic E-state index is 13.8. The number of hydrogen-bond donors (Lipinski definition) is 1. The van der Waals surface area contributed by atoms with Gasteiger partial charge in [-0.1, -0.05) is 12.1 Å². The summed E-state index contributed by atoms with van der Waals surface area (Å²) in [5.41, 5.74) is 1.58. The fourth-order valence-electron chi connectivity index (χ4n) is 3.80. The molecule has 1 saturated heterocycles. The highest BCUT2D eigenvalue weighted by Crippen LogP contribution is 2.35. The molecule has 1 aromatic carbocycles. The third kappa shape index (κ3) is 4.36. The highest BCUT2D eigenvalue weighted by atomic mass is 32.1. The van der Waals surface area contributed by atoms with Gasteiger partial charge in [0.25, 0.3) is 0 Å². The Morgan fingerprint density at radius 1 is 1.39 bits per heavy atom. The molecule has 1 atom stereocenters. The summed E-state index contributed by atoms with van der Waals surface area (Å²) >= 11 is 1.62. The number of hydrogen-bond acceptors (Lipinski definition) is 4. The molecule has 1 aliphatic heterocycles. The number of carbonyl (C=O) groups is 1. The first-order valence-electron chi connectivity index (χ1n) is 9.61. The summed E-state index contributed by atoms with van der Waals surface area (Å²) in [7, 11) is 1.80. The van der Waals surface area contributed by atoms with Gasteiger partial charge in [-0.3, -0.25) is 0 Å². The molecule has 0 aliphatic carbocycles. The van der Waals surface area contributed by atoms with E-state index in [1.807, 2.05) is 26.8 Å². The van der Waals surface area contributed by atoms with E-state index in [0.29, 0.717) is 19.8 Å². The molecule has 2 heterocycles. The smallest absolute Gasteiger partial charge is 0.317 e. The summed E-state index contributed by atoms with van der Waals surface area (Å²) in [5, 5.41) is 4.08. The molecule has 7 heteroatoms. The zero-order chi connectivity index (χ0) is 20.3. The minimum absolute atomic E-state index is 0.0639. The van der Waals surface area contributed by atoms with Crippen LogP contribution in [-0.4, -0.2) is 42.7 Å². The van der Waals surface area contributed by atoms with Crippen LogP contribution >= 0.6 is 11.3 Å². The monoisotopic (exact) mass is 405 g/mol. The van der Waals surface area contributed by atoms with E-state index in [1.54, 1.807) is 35.4 Å². The number of rotatable bonds is 5. The molecule has 0 bridgehead atoms. The van der Waals surface area contributed by atoms with E-state index in [1.165, 1.54) is 6.07 Å². The van der Waals surface area contributed by atoms with Crippen LogP contribution in [0.5, 0.6) is 0 Å². The molecule has 0 spiro atoms. The van der Waals surface area contributed by atoms with E-state index in [0.717, 1.165) is 34.0 Å². The summed E-state index contributed by atoms with van der Waals surface area (Å²) in [5.74, 6) is -0.253. The van der Waals surface area contributed by atoms with Crippen LogP contribution in [0, 0.1) is 19.7 Å². The average Bonchev–Trinajstić information content (AvgIpc) is 3.03. The van der Waals surface area contributed by atoms with Gasteiger partial charge >= 0.3 is 6.03 Å². The van der Waals surface area contributed by atoms with E-state index in [-0.39, 0.29) is 23.3 Å². The third-order valence-corrected chi connectivity index (χ3v) is 6.93. The highest BCUT2D eigenvalue weighted by molar-refractivity contribution is 7.11. The molecule has 28 heavy (non-hydrogen) atoms. The fourth-order valence-corrected chi connectivity index (χ4v) is 4.83. The number of urea groups is 1. The highest BCUT2D eigenvalue weighted by Gasteiger charge is 2.35. The van der Waals surface area contributed by atoms with Crippen LogP contribution in [0.3, 0.4) is 0 Å². The van der Waals surface area contributed by atoms with Crippen molar-refractivity contribution in [3.05, 3.63) is 51.2 Å². The standard InChI is InChI=1S/C21H28FN3O2S/c1-14-19(28-16(3)24-14)15(2)25(4)20(26)23-13-21(8-10-27-11-9-21)17-6-5-7-18(22)12-17/h5-7,12,15H,8-11,13H2,1-4H3,(H,23,26). The molecule has 1 unspecified atom stereocenters. The van der Waals surface area contributed by atoms with Crippen molar-refractivity contribution >= 4 is 17.4 Å². The van der Waals surface area contributed by atoms with Gasteiger partial charge in [-0.2, -0.15) is 0 Å². The molecule has 1 fully saturated rings. The van der Waals surface area contributed by atoms with Crippen molar-refractivity contribution in [2.75, 3.05) is 26.8 Å². The fraction of sp³-hybridized carbons (Fsp3) is 0.524. The van der Waals surface area contributed by atoms with Crippen LogP contribution in [0.2, 0.25) is 0 Å². The second kappa shape index (κ2) is 8.57. The Labute approximate surface area is 169 Å². The topological polar surface area (TPSA) is 54.5 Å². The van der Waals surface area contributed by atoms with Gasteiger partial charge in [0.15, 0.2) is 0 Å². The number of thiazole rings is 1. The van der Waals surface area contributed by atoms with Crippen LogP contribution in [-0.2, 0) is 10.2 Å². The van der Waals surface area contributed by atoms with Crippen molar-refractivity contribution in [2.45, 2.75) is 45.1 Å². The van der Waals surface area contributed by atoms with Gasteiger partial charge in [-0.05, 0) is 51.3 Å². The lowest BCUT2D eigenvalue weighted by Gasteiger charge is -2.38. The van der Waals surface area contributed by atoms with Gasteiger partial charge in [0.1, 0.15) is 5.82 Å². The van der Waals surface area contributed by atoms with Crippen molar-refractivity contribution in [1.82, 2.24) is 15.2 Å². The Hall–Kier alpha value is -1.99. The molecular weight excluding hydrogens is 377 g/mol. The zero-order valence-electron chi connectivity index (χ0n) is 16.9. The van der Waals surface area contributed by atoms with Crippen LogP contribution < -0.4 is 5.32 Å². The number of carbonyl (C=O) groups excluding carboxylic acids is 1.